The number of hydrogen-bond donors (Lipinski definition) is 0. The van der Waals surface area contributed by atoms with Crippen LogP contribution in [0.15, 0.2) is 56.1 Å². The van der Waals surface area contributed by atoms with E-state index in [1.165, 1.54) is 6.07 Å². The van der Waals surface area contributed by atoms with Crippen LogP contribution in [0.4, 0.5) is 0 Å². The highest BCUT2D eigenvalue weighted by Crippen LogP contribution is 2.28. The quantitative estimate of drug-likeness (QED) is 0.595. The van der Waals surface area contributed by atoms with Gasteiger partial charge in [0.2, 0.25) is 0 Å². The van der Waals surface area contributed by atoms with Gasteiger partial charge in [-0.1, -0.05) is 17.7 Å². The molecule has 0 spiro atoms. The molecule has 0 N–H and O–H groups in total. The largest absolute Gasteiger partial charge is 0.488 e. The molecule has 3 rings (SSSR count). The van der Waals surface area contributed by atoms with E-state index in [0.29, 0.717) is 16.4 Å². The van der Waals surface area contributed by atoms with Crippen LogP contribution in [0.3, 0.4) is 0 Å². The molecule has 0 aliphatic rings. The van der Waals surface area contributed by atoms with Crippen LogP contribution >= 0.6 is 27.5 Å². The van der Waals surface area contributed by atoms with Crippen molar-refractivity contribution in [1.82, 2.24) is 0 Å². The molecule has 0 atom stereocenters. The highest BCUT2D eigenvalue weighted by Gasteiger charge is 2.08. The first kappa shape index (κ1) is 15.1. The molecule has 0 bridgehead atoms. The van der Waals surface area contributed by atoms with E-state index in [4.69, 9.17) is 20.8 Å². The van der Waals surface area contributed by atoms with Crippen LogP contribution in [0.25, 0.3) is 11.0 Å². The van der Waals surface area contributed by atoms with Crippen molar-refractivity contribution in [3.63, 3.8) is 0 Å². The Balaban J connectivity index is 1.96. The molecule has 3 nitrogen and oxygen atoms in total. The van der Waals surface area contributed by atoms with Crippen LogP contribution in [-0.4, -0.2) is 0 Å². The number of halogens is 2. The molecule has 0 unspecified atom stereocenters. The first-order valence-electron chi connectivity index (χ1n) is 6.64. The molecule has 0 aliphatic heterocycles. The summed E-state index contributed by atoms with van der Waals surface area (Å²) >= 11 is 9.49. The summed E-state index contributed by atoms with van der Waals surface area (Å²) in [5.41, 5.74) is 1.97. The predicted molar refractivity (Wildman–Crippen MR) is 90.7 cm³/mol. The maximum Gasteiger partial charge on any atom is 0.336 e. The fraction of sp³-hybridized carbons (Fsp3) is 0.118. The van der Waals surface area contributed by atoms with Gasteiger partial charge in [-0.3, -0.25) is 0 Å². The van der Waals surface area contributed by atoms with Gasteiger partial charge in [0.05, 0.1) is 4.47 Å². The summed E-state index contributed by atoms with van der Waals surface area (Å²) in [6.07, 6.45) is 0. The second kappa shape index (κ2) is 6.15. The highest BCUT2D eigenvalue weighted by atomic mass is 79.9. The lowest BCUT2D eigenvalue weighted by Gasteiger charge is -2.10. The third kappa shape index (κ3) is 3.18. The van der Waals surface area contributed by atoms with E-state index in [-0.39, 0.29) is 6.61 Å². The predicted octanol–water partition coefficient (Wildman–Crippen LogP) is 5.10. The Labute approximate surface area is 140 Å². The van der Waals surface area contributed by atoms with Gasteiger partial charge in [-0.15, -0.1) is 0 Å². The van der Waals surface area contributed by atoms with Gasteiger partial charge >= 0.3 is 5.63 Å². The summed E-state index contributed by atoms with van der Waals surface area (Å²) in [7, 11) is 0. The molecule has 0 fully saturated rings. The second-order valence-corrected chi connectivity index (χ2v) is 6.24. The monoisotopic (exact) mass is 378 g/mol. The van der Waals surface area contributed by atoms with Crippen LogP contribution in [0, 0.1) is 6.92 Å². The summed E-state index contributed by atoms with van der Waals surface area (Å²) in [5.74, 6) is 0.717. The molecule has 3 aromatic rings. The normalized spacial score (nSPS) is 10.9. The molecular weight excluding hydrogens is 368 g/mol. The Kier molecular flexibility index (Phi) is 4.23. The molecule has 0 saturated carbocycles. The number of benzene rings is 2. The number of fused-ring (bicyclic) bond motifs is 1. The van der Waals surface area contributed by atoms with Crippen LogP contribution in [-0.2, 0) is 6.61 Å². The van der Waals surface area contributed by atoms with Crippen molar-refractivity contribution >= 4 is 38.5 Å². The molecule has 112 valence electrons. The molecular formula is C17H12BrClO3. The van der Waals surface area contributed by atoms with Gasteiger partial charge in [0.1, 0.15) is 17.9 Å². The Bertz CT molecular complexity index is 902. The van der Waals surface area contributed by atoms with Crippen molar-refractivity contribution in [2.45, 2.75) is 13.5 Å². The number of rotatable bonds is 3. The van der Waals surface area contributed by atoms with Gasteiger partial charge < -0.3 is 9.15 Å². The number of aryl methyl sites for hydroxylation is 1. The molecule has 0 radical (unpaired) electrons. The Morgan fingerprint density at radius 3 is 2.77 bits per heavy atom. The Hall–Kier alpha value is -1.78. The fourth-order valence-corrected chi connectivity index (χ4v) is 2.98. The lowest BCUT2D eigenvalue weighted by atomic mass is 10.1. The van der Waals surface area contributed by atoms with Crippen LogP contribution < -0.4 is 10.4 Å². The topological polar surface area (TPSA) is 39.4 Å². The smallest absolute Gasteiger partial charge is 0.336 e. The minimum atomic E-state index is -0.406. The third-order valence-electron chi connectivity index (χ3n) is 3.26. The van der Waals surface area contributed by atoms with Crippen LogP contribution in [0.5, 0.6) is 5.75 Å². The second-order valence-electron chi connectivity index (χ2n) is 4.95. The summed E-state index contributed by atoms with van der Waals surface area (Å²) in [5, 5.41) is 1.36. The maximum atomic E-state index is 11.6. The van der Waals surface area contributed by atoms with E-state index in [1.54, 1.807) is 18.2 Å². The molecule has 2 aromatic carbocycles. The van der Waals surface area contributed by atoms with Crippen molar-refractivity contribution < 1.29 is 9.15 Å². The van der Waals surface area contributed by atoms with E-state index in [2.05, 4.69) is 15.9 Å². The number of hydrogen-bond acceptors (Lipinski definition) is 3. The van der Waals surface area contributed by atoms with Gasteiger partial charge in [-0.25, -0.2) is 4.79 Å². The standard InChI is InChI=1S/C17H12BrClO3/c1-10-2-4-16(14(18)6-10)21-9-11-7-17(20)22-15-5-3-12(19)8-13(11)15/h2-8H,9H2,1H3. The van der Waals surface area contributed by atoms with Gasteiger partial charge in [0.25, 0.3) is 0 Å². The van der Waals surface area contributed by atoms with E-state index in [0.717, 1.165) is 21.0 Å². The van der Waals surface area contributed by atoms with Gasteiger partial charge in [0.15, 0.2) is 0 Å². The van der Waals surface area contributed by atoms with Crippen molar-refractivity contribution in [1.29, 1.82) is 0 Å². The summed E-state index contributed by atoms with van der Waals surface area (Å²) in [6.45, 7) is 2.26. The van der Waals surface area contributed by atoms with Crippen molar-refractivity contribution in [3.8, 4) is 5.75 Å². The van der Waals surface area contributed by atoms with E-state index in [9.17, 15) is 4.79 Å². The molecule has 0 saturated heterocycles. The van der Waals surface area contributed by atoms with Gasteiger partial charge in [-0.2, -0.15) is 0 Å². The molecule has 5 heteroatoms. The van der Waals surface area contributed by atoms with Crippen LogP contribution in [0.2, 0.25) is 5.02 Å². The Morgan fingerprint density at radius 2 is 2.00 bits per heavy atom. The van der Waals surface area contributed by atoms with Crippen molar-refractivity contribution in [3.05, 3.63) is 73.5 Å². The molecule has 1 aromatic heterocycles. The van der Waals surface area contributed by atoms with Gasteiger partial charge in [0, 0.05) is 22.0 Å². The van der Waals surface area contributed by atoms with Gasteiger partial charge in [-0.05, 0) is 58.7 Å². The molecule has 22 heavy (non-hydrogen) atoms. The Morgan fingerprint density at radius 1 is 1.18 bits per heavy atom. The zero-order valence-corrected chi connectivity index (χ0v) is 14.1. The van der Waals surface area contributed by atoms with Crippen molar-refractivity contribution in [2.75, 3.05) is 0 Å². The van der Waals surface area contributed by atoms with Crippen molar-refractivity contribution in [2.24, 2.45) is 0 Å². The number of ether oxygens (including phenoxy) is 1. The van der Waals surface area contributed by atoms with E-state index >= 15 is 0 Å². The van der Waals surface area contributed by atoms with Crippen LogP contribution in [0.1, 0.15) is 11.1 Å². The third-order valence-corrected chi connectivity index (χ3v) is 4.12. The SMILES string of the molecule is Cc1ccc(OCc2cc(=O)oc3ccc(Cl)cc23)c(Br)c1. The molecule has 0 amide bonds. The summed E-state index contributed by atoms with van der Waals surface area (Å²) in [6, 6.07) is 12.4. The minimum Gasteiger partial charge on any atom is -0.488 e. The zero-order chi connectivity index (χ0) is 15.7. The lowest BCUT2D eigenvalue weighted by molar-refractivity contribution is 0.304. The fourth-order valence-electron chi connectivity index (χ4n) is 2.20. The average molecular weight is 380 g/mol. The highest BCUT2D eigenvalue weighted by molar-refractivity contribution is 9.10. The van der Waals surface area contributed by atoms with E-state index in [1.807, 2.05) is 25.1 Å². The first-order valence-corrected chi connectivity index (χ1v) is 7.81. The first-order chi connectivity index (χ1) is 10.5. The summed E-state index contributed by atoms with van der Waals surface area (Å²) in [4.78, 5) is 11.6. The van der Waals surface area contributed by atoms with E-state index < -0.39 is 5.63 Å². The molecule has 0 aliphatic carbocycles. The minimum absolute atomic E-state index is 0.254. The molecule has 1 heterocycles. The average Bonchev–Trinajstić information content (AvgIpc) is 2.46. The summed E-state index contributed by atoms with van der Waals surface area (Å²) < 4.78 is 11.9. The lowest BCUT2D eigenvalue weighted by Crippen LogP contribution is -2.04. The maximum absolute atomic E-state index is 11.6. The zero-order valence-electron chi connectivity index (χ0n) is 11.7.